The largest absolute Gasteiger partial charge is 0.340 e. The number of rotatable bonds is 3. The number of imide groups is 1. The molecule has 1 N–H and O–H groups in total. The first-order valence-electron chi connectivity index (χ1n) is 11.6. The molecule has 3 aliphatic heterocycles. The summed E-state index contributed by atoms with van der Waals surface area (Å²) in [5, 5.41) is 3.04. The maximum atomic E-state index is 13.4. The summed E-state index contributed by atoms with van der Waals surface area (Å²) in [5.41, 5.74) is -0.738. The van der Waals surface area contributed by atoms with E-state index < -0.39 is 5.54 Å². The van der Waals surface area contributed by atoms with E-state index in [0.717, 1.165) is 58.2 Å². The van der Waals surface area contributed by atoms with Gasteiger partial charge in [-0.05, 0) is 52.4 Å². The third-order valence-electron chi connectivity index (χ3n) is 7.60. The van der Waals surface area contributed by atoms with Crippen molar-refractivity contribution < 1.29 is 14.4 Å². The lowest BCUT2D eigenvalue weighted by molar-refractivity contribution is -0.142. The van der Waals surface area contributed by atoms with Gasteiger partial charge < -0.3 is 15.1 Å². The van der Waals surface area contributed by atoms with E-state index in [0.29, 0.717) is 25.4 Å². The van der Waals surface area contributed by atoms with Crippen LogP contribution in [0.2, 0.25) is 0 Å². The standard InChI is InChI=1S/C22H36N4O3/c1-16(2)24-13-10-22(11-14-24)20(28)26(21(29)23-22)18-9-6-12-25(15-18)19(27)17-7-4-3-5-8-17/h16-18H,3-15H2,1-2H3,(H,23,29)/t18-/m0/s1. The predicted octanol–water partition coefficient (Wildman–Crippen LogP) is 2.35. The Bertz CT molecular complexity index is 650. The smallest absolute Gasteiger partial charge is 0.325 e. The molecule has 1 aliphatic carbocycles. The quantitative estimate of drug-likeness (QED) is 0.733. The molecule has 1 saturated carbocycles. The Morgan fingerprint density at radius 1 is 1.00 bits per heavy atom. The van der Waals surface area contributed by atoms with Gasteiger partial charge in [0.1, 0.15) is 5.54 Å². The molecular formula is C22H36N4O3. The molecule has 0 aromatic heterocycles. The summed E-state index contributed by atoms with van der Waals surface area (Å²) in [6, 6.07) is 0.00428. The zero-order valence-corrected chi connectivity index (χ0v) is 18.0. The van der Waals surface area contributed by atoms with Gasteiger partial charge in [-0.1, -0.05) is 19.3 Å². The van der Waals surface area contributed by atoms with Gasteiger partial charge in [-0.2, -0.15) is 0 Å². The van der Waals surface area contributed by atoms with Gasteiger partial charge >= 0.3 is 6.03 Å². The van der Waals surface area contributed by atoms with E-state index in [1.165, 1.54) is 11.3 Å². The van der Waals surface area contributed by atoms with E-state index in [2.05, 4.69) is 24.1 Å². The highest BCUT2D eigenvalue weighted by Gasteiger charge is 2.54. The van der Waals surface area contributed by atoms with Crippen molar-refractivity contribution in [3.8, 4) is 0 Å². The average molecular weight is 405 g/mol. The van der Waals surface area contributed by atoms with Crippen molar-refractivity contribution in [2.75, 3.05) is 26.2 Å². The summed E-state index contributed by atoms with van der Waals surface area (Å²) < 4.78 is 0. The molecule has 0 radical (unpaired) electrons. The van der Waals surface area contributed by atoms with Crippen LogP contribution in [-0.2, 0) is 9.59 Å². The van der Waals surface area contributed by atoms with Crippen LogP contribution < -0.4 is 5.32 Å². The topological polar surface area (TPSA) is 73.0 Å². The molecule has 4 rings (SSSR count). The summed E-state index contributed by atoms with van der Waals surface area (Å²) in [6.07, 6.45) is 8.46. The second kappa shape index (κ2) is 8.25. The van der Waals surface area contributed by atoms with Gasteiger partial charge in [0.15, 0.2) is 0 Å². The summed E-state index contributed by atoms with van der Waals surface area (Å²) in [7, 11) is 0. The van der Waals surface area contributed by atoms with Crippen LogP contribution in [-0.4, -0.2) is 76.3 Å². The van der Waals surface area contributed by atoms with Crippen molar-refractivity contribution in [1.29, 1.82) is 0 Å². The molecule has 0 aromatic rings. The van der Waals surface area contributed by atoms with Gasteiger partial charge in [0.25, 0.3) is 5.91 Å². The van der Waals surface area contributed by atoms with Crippen molar-refractivity contribution in [1.82, 2.24) is 20.0 Å². The number of hydrogen-bond donors (Lipinski definition) is 1. The molecular weight excluding hydrogens is 368 g/mol. The van der Waals surface area contributed by atoms with Gasteiger partial charge in [-0.3, -0.25) is 14.5 Å². The number of likely N-dealkylation sites (tertiary alicyclic amines) is 2. The number of carbonyl (C=O) groups is 3. The van der Waals surface area contributed by atoms with Gasteiger partial charge in [-0.15, -0.1) is 0 Å². The van der Waals surface area contributed by atoms with Gasteiger partial charge in [-0.25, -0.2) is 4.79 Å². The fourth-order valence-electron chi connectivity index (χ4n) is 5.71. The zero-order chi connectivity index (χ0) is 20.6. The fourth-order valence-corrected chi connectivity index (χ4v) is 5.71. The molecule has 0 bridgehead atoms. The Kier molecular flexibility index (Phi) is 5.87. The Balaban J connectivity index is 1.42. The first kappa shape index (κ1) is 20.6. The second-order valence-electron chi connectivity index (χ2n) is 9.73. The SMILES string of the molecule is CC(C)N1CCC2(CC1)NC(=O)N([C@H]1CCCN(C(=O)C3CCCCC3)C1)C2=O. The normalized spacial score (nSPS) is 29.0. The lowest BCUT2D eigenvalue weighted by Gasteiger charge is -2.40. The van der Waals surface area contributed by atoms with Crippen LogP contribution >= 0.6 is 0 Å². The summed E-state index contributed by atoms with van der Waals surface area (Å²) in [6.45, 7) is 7.24. The van der Waals surface area contributed by atoms with Crippen LogP contribution in [0.4, 0.5) is 4.79 Å². The van der Waals surface area contributed by atoms with E-state index in [-0.39, 0.29) is 29.8 Å². The number of piperidine rings is 2. The number of urea groups is 1. The molecule has 0 unspecified atom stereocenters. The van der Waals surface area contributed by atoms with Crippen molar-refractivity contribution in [2.45, 2.75) is 89.3 Å². The maximum Gasteiger partial charge on any atom is 0.325 e. The number of hydrogen-bond acceptors (Lipinski definition) is 4. The predicted molar refractivity (Wildman–Crippen MR) is 110 cm³/mol. The van der Waals surface area contributed by atoms with E-state index in [1.807, 2.05) is 4.90 Å². The highest BCUT2D eigenvalue weighted by Crippen LogP contribution is 2.33. The van der Waals surface area contributed by atoms with E-state index in [4.69, 9.17) is 0 Å². The zero-order valence-electron chi connectivity index (χ0n) is 18.0. The van der Waals surface area contributed by atoms with Crippen molar-refractivity contribution in [2.24, 2.45) is 5.92 Å². The van der Waals surface area contributed by atoms with Gasteiger partial charge in [0.2, 0.25) is 5.91 Å². The van der Waals surface area contributed by atoms with E-state index >= 15 is 0 Å². The highest BCUT2D eigenvalue weighted by atomic mass is 16.2. The molecule has 7 nitrogen and oxygen atoms in total. The molecule has 4 fully saturated rings. The minimum atomic E-state index is -0.738. The van der Waals surface area contributed by atoms with Crippen molar-refractivity contribution in [3.05, 3.63) is 0 Å². The monoisotopic (exact) mass is 404 g/mol. The average Bonchev–Trinajstić information content (AvgIpc) is 2.97. The summed E-state index contributed by atoms with van der Waals surface area (Å²) >= 11 is 0. The minimum absolute atomic E-state index is 0.0668. The maximum absolute atomic E-state index is 13.4. The van der Waals surface area contributed by atoms with Crippen LogP contribution in [0.3, 0.4) is 0 Å². The molecule has 0 aromatic carbocycles. The fraction of sp³-hybridized carbons (Fsp3) is 0.864. The Morgan fingerprint density at radius 3 is 2.34 bits per heavy atom. The first-order valence-corrected chi connectivity index (χ1v) is 11.6. The third-order valence-corrected chi connectivity index (χ3v) is 7.60. The molecule has 162 valence electrons. The van der Waals surface area contributed by atoms with Gasteiger partial charge in [0.05, 0.1) is 6.04 Å². The molecule has 4 aliphatic rings. The molecule has 4 amide bonds. The first-order chi connectivity index (χ1) is 13.9. The Labute approximate surface area is 174 Å². The van der Waals surface area contributed by atoms with E-state index in [1.54, 1.807) is 0 Å². The van der Waals surface area contributed by atoms with Crippen LogP contribution in [0.25, 0.3) is 0 Å². The molecule has 3 saturated heterocycles. The minimum Gasteiger partial charge on any atom is -0.340 e. The number of amides is 4. The van der Waals surface area contributed by atoms with Crippen LogP contribution in [0, 0.1) is 5.92 Å². The van der Waals surface area contributed by atoms with Crippen molar-refractivity contribution in [3.63, 3.8) is 0 Å². The molecule has 29 heavy (non-hydrogen) atoms. The van der Waals surface area contributed by atoms with E-state index in [9.17, 15) is 14.4 Å². The molecule has 1 atom stereocenters. The van der Waals surface area contributed by atoms with Crippen LogP contribution in [0.1, 0.15) is 71.6 Å². The van der Waals surface area contributed by atoms with Crippen LogP contribution in [0.15, 0.2) is 0 Å². The summed E-state index contributed by atoms with van der Waals surface area (Å²) in [5.74, 6) is 0.307. The summed E-state index contributed by atoms with van der Waals surface area (Å²) in [4.78, 5) is 44.9. The molecule has 7 heteroatoms. The Hall–Kier alpha value is -1.63. The number of nitrogens with zero attached hydrogens (tertiary/aromatic N) is 3. The van der Waals surface area contributed by atoms with Crippen LogP contribution in [0.5, 0.6) is 0 Å². The lowest BCUT2D eigenvalue weighted by atomic mass is 9.86. The highest BCUT2D eigenvalue weighted by molar-refractivity contribution is 6.07. The number of carbonyl (C=O) groups excluding carboxylic acids is 3. The lowest BCUT2D eigenvalue weighted by Crippen LogP contribution is -2.57. The Morgan fingerprint density at radius 2 is 1.69 bits per heavy atom. The molecule has 1 spiro atoms. The second-order valence-corrected chi connectivity index (χ2v) is 9.73. The number of nitrogens with one attached hydrogen (secondary N) is 1. The van der Waals surface area contributed by atoms with Gasteiger partial charge in [0, 0.05) is 38.1 Å². The third kappa shape index (κ3) is 3.90. The molecule has 3 heterocycles. The van der Waals surface area contributed by atoms with Crippen molar-refractivity contribution >= 4 is 17.8 Å².